The van der Waals surface area contributed by atoms with E-state index in [0.29, 0.717) is 62.7 Å². The summed E-state index contributed by atoms with van der Waals surface area (Å²) in [5.41, 5.74) is 0.0161. The highest BCUT2D eigenvalue weighted by atomic mass is 32.2. The van der Waals surface area contributed by atoms with E-state index in [-0.39, 0.29) is 47.8 Å². The minimum Gasteiger partial charge on any atom is -0.444 e. The summed E-state index contributed by atoms with van der Waals surface area (Å²) in [7, 11) is -5.47. The Morgan fingerprint density at radius 2 is 0.811 bits per heavy atom. The van der Waals surface area contributed by atoms with Crippen LogP contribution in [-0.2, 0) is 61.5 Å². The molecular formula is C68H98N8O12S2. The Morgan fingerprint density at radius 1 is 0.500 bits per heavy atom. The Bertz CT molecular complexity index is 3120. The molecule has 2 saturated heterocycles. The van der Waals surface area contributed by atoms with Crippen LogP contribution >= 0.6 is 0 Å². The lowest BCUT2D eigenvalue weighted by Gasteiger charge is -2.38. The third-order valence-electron chi connectivity index (χ3n) is 16.5. The lowest BCUT2D eigenvalue weighted by atomic mass is 9.85. The number of rotatable bonds is 23. The van der Waals surface area contributed by atoms with Gasteiger partial charge in [-0.1, -0.05) is 126 Å². The summed E-state index contributed by atoms with van der Waals surface area (Å²) < 4.78 is 73.6. The number of hydrogen-bond donors (Lipinski definition) is 2. The van der Waals surface area contributed by atoms with Crippen LogP contribution in [0.15, 0.2) is 119 Å². The molecule has 0 bridgehead atoms. The second-order valence-electron chi connectivity index (χ2n) is 28.1. The van der Waals surface area contributed by atoms with Crippen molar-refractivity contribution in [2.75, 3.05) is 53.4 Å². The quantitative estimate of drug-likeness (QED) is 0.0707. The van der Waals surface area contributed by atoms with Crippen LogP contribution in [0.1, 0.15) is 134 Å². The lowest BCUT2D eigenvalue weighted by molar-refractivity contribution is -0.141. The first-order valence-electron chi connectivity index (χ1n) is 31.2. The Morgan fingerprint density at radius 3 is 1.10 bits per heavy atom. The number of likely N-dealkylation sites (N-methyl/N-ethyl adjacent to an activating group) is 2. The van der Waals surface area contributed by atoms with Gasteiger partial charge in [-0.3, -0.25) is 29.0 Å². The van der Waals surface area contributed by atoms with E-state index >= 15 is 0 Å². The zero-order chi connectivity index (χ0) is 66.9. The van der Waals surface area contributed by atoms with Crippen molar-refractivity contribution < 1.29 is 55.1 Å². The van der Waals surface area contributed by atoms with Gasteiger partial charge >= 0.3 is 12.2 Å². The van der Waals surface area contributed by atoms with Crippen molar-refractivity contribution in [1.82, 2.24) is 38.8 Å². The monoisotopic (exact) mass is 1280 g/mol. The molecule has 2 aliphatic rings. The lowest BCUT2D eigenvalue weighted by Crippen LogP contribution is -2.59. The van der Waals surface area contributed by atoms with E-state index in [4.69, 9.17) is 9.47 Å². The third kappa shape index (κ3) is 19.1. The minimum absolute atomic E-state index is 0.00956. The smallest absolute Gasteiger partial charge is 0.410 e. The van der Waals surface area contributed by atoms with E-state index in [1.54, 1.807) is 89.5 Å². The molecule has 2 fully saturated rings. The third-order valence-corrected chi connectivity index (χ3v) is 20.3. The van der Waals surface area contributed by atoms with Gasteiger partial charge in [0.15, 0.2) is 0 Å². The van der Waals surface area contributed by atoms with Crippen molar-refractivity contribution in [3.63, 3.8) is 0 Å². The fourth-order valence-electron chi connectivity index (χ4n) is 10.9. The van der Waals surface area contributed by atoms with Crippen LogP contribution in [0.3, 0.4) is 0 Å². The van der Waals surface area contributed by atoms with Gasteiger partial charge in [0.2, 0.25) is 43.7 Å². The molecule has 4 aromatic rings. The maximum Gasteiger partial charge on any atom is 0.410 e. The van der Waals surface area contributed by atoms with Gasteiger partial charge in [0.25, 0.3) is 0 Å². The first-order valence-corrected chi connectivity index (χ1v) is 34.1. The fourth-order valence-corrected chi connectivity index (χ4v) is 13.9. The Labute approximate surface area is 535 Å². The molecule has 4 aromatic carbocycles. The summed E-state index contributed by atoms with van der Waals surface area (Å²) >= 11 is 0. The molecule has 494 valence electrons. The van der Waals surface area contributed by atoms with Crippen LogP contribution in [-0.4, -0.2) is 182 Å². The molecule has 0 radical (unpaired) electrons. The number of likely N-dealkylation sites (tertiary alicyclic amines) is 2. The van der Waals surface area contributed by atoms with Gasteiger partial charge < -0.3 is 29.9 Å². The van der Waals surface area contributed by atoms with Crippen LogP contribution in [0.4, 0.5) is 9.59 Å². The number of nitrogens with one attached hydrogen (secondary N) is 2. The maximum absolute atomic E-state index is 14.9. The standard InChI is InChI=1S/C68H98N8O12S2/c1-47(71(15)63(81)87-67(9,10)11)59(77)69-57(65(3,4)5)61(79)75-41-23-29-53(75)45-73(43-39-49-25-19-17-20-26-49)89(83,84)55-35-31-51(32-36-55)52-33-37-56(38-34-52)90(85,86)74(44-40-50-27-21-18-22-28-50)46-54-30-24-42-76(54)62(80)58(66(6,7)8)70-60(78)48(2)72(16)64(82)88-68(12,13)14/h17-22,25-28,31-38,47-48,53-54,57-58H,23-24,29-30,39-46H2,1-16H3,(H,69,77)(H,70,78)/t47-,48-,53-,54-,57+,58+/m0/s1. The summed E-state index contributed by atoms with van der Waals surface area (Å²) in [4.78, 5) is 88.6. The van der Waals surface area contributed by atoms with Crippen LogP contribution in [0.2, 0.25) is 0 Å². The minimum atomic E-state index is -4.20. The zero-order valence-electron chi connectivity index (χ0n) is 55.7. The van der Waals surface area contributed by atoms with Gasteiger partial charge in [-0.2, -0.15) is 8.61 Å². The Hall–Kier alpha value is -6.88. The molecule has 0 unspecified atom stereocenters. The van der Waals surface area contributed by atoms with Crippen LogP contribution in [0.25, 0.3) is 11.1 Å². The van der Waals surface area contributed by atoms with Gasteiger partial charge in [0.1, 0.15) is 35.4 Å². The second kappa shape index (κ2) is 29.6. The molecular weight excluding hydrogens is 1180 g/mol. The largest absolute Gasteiger partial charge is 0.444 e. The molecule has 0 aliphatic carbocycles. The number of nitrogens with zero attached hydrogens (tertiary/aromatic N) is 6. The van der Waals surface area contributed by atoms with Crippen molar-refractivity contribution >= 4 is 55.9 Å². The molecule has 6 amide bonds. The Balaban J connectivity index is 1.22. The molecule has 6 rings (SSSR count). The van der Waals surface area contributed by atoms with E-state index in [9.17, 15) is 45.6 Å². The average molecular weight is 1280 g/mol. The number of sulfonamides is 2. The predicted octanol–water partition coefficient (Wildman–Crippen LogP) is 9.38. The summed E-state index contributed by atoms with van der Waals surface area (Å²) in [6, 6.07) is 26.9. The van der Waals surface area contributed by atoms with Crippen LogP contribution < -0.4 is 10.6 Å². The van der Waals surface area contributed by atoms with Gasteiger partial charge in [-0.05, 0) is 151 Å². The van der Waals surface area contributed by atoms with E-state index < -0.39 is 102 Å². The fraction of sp³-hybridized carbons (Fsp3) is 0.559. The van der Waals surface area contributed by atoms with Crippen molar-refractivity contribution in [3.05, 3.63) is 120 Å². The first-order chi connectivity index (χ1) is 41.8. The molecule has 22 heteroatoms. The maximum atomic E-state index is 14.9. The number of hydrogen-bond acceptors (Lipinski definition) is 12. The first kappa shape index (κ1) is 72.2. The Kier molecular flexibility index (Phi) is 23.7. The van der Waals surface area contributed by atoms with Gasteiger partial charge in [-0.25, -0.2) is 26.4 Å². The summed E-state index contributed by atoms with van der Waals surface area (Å²) in [6.45, 7) is 25.5. The number of ether oxygens (including phenoxy) is 2. The molecule has 0 aromatic heterocycles. The molecule has 0 spiro atoms. The highest BCUT2D eigenvalue weighted by Gasteiger charge is 2.45. The number of benzene rings is 4. The van der Waals surface area contributed by atoms with Gasteiger partial charge in [0, 0.05) is 65.4 Å². The SMILES string of the molecule is C[C@@H](C(=O)N[C@H](C(=O)N1CCC[C@H]1CN(CCc1ccccc1)S(=O)(=O)c1ccc(-c2ccc(S(=O)(=O)N(CCc3ccccc3)C[C@@H]3CCCN3C(=O)[C@@H](NC(=O)[C@H](C)N(C)C(=O)OC(C)(C)C)C(C)(C)C)cc2)cc1)C(C)(C)C)N(C)C(=O)OC(C)(C)C. The van der Waals surface area contributed by atoms with Crippen LogP contribution in [0.5, 0.6) is 0 Å². The number of carbonyl (C=O) groups excluding carboxylic acids is 6. The molecule has 20 nitrogen and oxygen atoms in total. The highest BCUT2D eigenvalue weighted by Crippen LogP contribution is 2.32. The number of amides is 6. The van der Waals surface area contributed by atoms with E-state index in [0.717, 1.165) is 11.1 Å². The van der Waals surface area contributed by atoms with Crippen molar-refractivity contribution in [2.24, 2.45) is 10.8 Å². The summed E-state index contributed by atoms with van der Waals surface area (Å²) in [5.74, 6) is -1.79. The summed E-state index contributed by atoms with van der Waals surface area (Å²) in [6.07, 6.45) is 1.70. The molecule has 2 N–H and O–H groups in total. The van der Waals surface area contributed by atoms with Crippen molar-refractivity contribution in [1.29, 1.82) is 0 Å². The topological polar surface area (TPSA) is 233 Å². The van der Waals surface area contributed by atoms with E-state index in [1.165, 1.54) is 56.8 Å². The molecule has 0 saturated carbocycles. The van der Waals surface area contributed by atoms with Crippen molar-refractivity contribution in [2.45, 2.75) is 193 Å². The summed E-state index contributed by atoms with van der Waals surface area (Å²) in [5, 5.41) is 5.84. The van der Waals surface area contributed by atoms with Gasteiger partial charge in [-0.15, -0.1) is 0 Å². The molecule has 2 heterocycles. The van der Waals surface area contributed by atoms with E-state index in [2.05, 4.69) is 10.6 Å². The van der Waals surface area contributed by atoms with Crippen LogP contribution in [0, 0.1) is 10.8 Å². The average Bonchev–Trinajstić information content (AvgIpc) is 1.32. The van der Waals surface area contributed by atoms with E-state index in [1.807, 2.05) is 102 Å². The molecule has 90 heavy (non-hydrogen) atoms. The predicted molar refractivity (Wildman–Crippen MR) is 349 cm³/mol. The number of carbonyl (C=O) groups is 6. The van der Waals surface area contributed by atoms with Gasteiger partial charge in [0.05, 0.1) is 9.79 Å². The van der Waals surface area contributed by atoms with Crippen molar-refractivity contribution in [3.8, 4) is 11.1 Å². The zero-order valence-corrected chi connectivity index (χ0v) is 57.4. The molecule has 6 atom stereocenters. The second-order valence-corrected chi connectivity index (χ2v) is 31.9. The highest BCUT2D eigenvalue weighted by molar-refractivity contribution is 7.89. The normalized spacial score (nSPS) is 17.3. The molecule has 2 aliphatic heterocycles.